The molecule has 0 unspecified atom stereocenters. The molecule has 31 heavy (non-hydrogen) atoms. The van der Waals surface area contributed by atoms with Crippen molar-refractivity contribution in [2.24, 2.45) is 0 Å². The summed E-state index contributed by atoms with van der Waals surface area (Å²) in [6, 6.07) is 24.0. The minimum Gasteiger partial charge on any atom is -0.497 e. The van der Waals surface area contributed by atoms with Crippen molar-refractivity contribution in [1.82, 2.24) is 9.55 Å². The fraction of sp³-hybridized carbons (Fsp3) is 0.269. The molecule has 1 heterocycles. The van der Waals surface area contributed by atoms with Gasteiger partial charge in [0.15, 0.2) is 0 Å². The third-order valence-corrected chi connectivity index (χ3v) is 5.21. The van der Waals surface area contributed by atoms with Gasteiger partial charge in [-0.3, -0.25) is 0 Å². The van der Waals surface area contributed by atoms with E-state index in [1.807, 2.05) is 54.6 Å². The van der Waals surface area contributed by atoms with Crippen molar-refractivity contribution >= 4 is 11.0 Å². The van der Waals surface area contributed by atoms with Crippen molar-refractivity contribution in [2.75, 3.05) is 13.7 Å². The highest BCUT2D eigenvalue weighted by molar-refractivity contribution is 5.75. The van der Waals surface area contributed by atoms with Crippen LogP contribution >= 0.6 is 0 Å². The Kier molecular flexibility index (Phi) is 6.72. The van der Waals surface area contributed by atoms with Crippen LogP contribution in [0.3, 0.4) is 0 Å². The molecule has 0 saturated heterocycles. The van der Waals surface area contributed by atoms with E-state index in [4.69, 9.17) is 19.2 Å². The van der Waals surface area contributed by atoms with Crippen molar-refractivity contribution in [2.45, 2.75) is 32.9 Å². The molecule has 0 fully saturated rings. The molecule has 5 nitrogen and oxygen atoms in total. The topological polar surface area (TPSA) is 45.5 Å². The Morgan fingerprint density at radius 3 is 2.45 bits per heavy atom. The molecule has 0 aliphatic heterocycles. The summed E-state index contributed by atoms with van der Waals surface area (Å²) in [4.78, 5) is 4.80. The Bertz CT molecular complexity index is 1120. The predicted octanol–water partition coefficient (Wildman–Crippen LogP) is 5.79. The maximum atomic E-state index is 6.01. The molecule has 0 radical (unpaired) electrons. The lowest BCUT2D eigenvalue weighted by Crippen LogP contribution is -2.09. The molecular formula is C26H28N2O3. The Hall–Kier alpha value is -3.47. The Morgan fingerprint density at radius 2 is 1.61 bits per heavy atom. The number of nitrogens with zero attached hydrogens (tertiary/aromatic N) is 2. The number of imidazole rings is 1. The molecule has 1 aromatic heterocycles. The maximum Gasteiger partial charge on any atom is 0.147 e. The fourth-order valence-corrected chi connectivity index (χ4v) is 3.52. The number of aryl methyl sites for hydroxylation is 2. The largest absolute Gasteiger partial charge is 0.497 e. The number of hydrogen-bond acceptors (Lipinski definition) is 4. The summed E-state index contributed by atoms with van der Waals surface area (Å²) in [5.41, 5.74) is 3.36. The van der Waals surface area contributed by atoms with Gasteiger partial charge in [-0.1, -0.05) is 35.9 Å². The second-order valence-electron chi connectivity index (χ2n) is 7.50. The van der Waals surface area contributed by atoms with E-state index in [1.54, 1.807) is 7.11 Å². The van der Waals surface area contributed by atoms with Crippen LogP contribution in [0, 0.1) is 6.92 Å². The number of rotatable bonds is 10. The zero-order valence-electron chi connectivity index (χ0n) is 18.1. The van der Waals surface area contributed by atoms with E-state index in [1.165, 1.54) is 5.56 Å². The Balaban J connectivity index is 1.38. The lowest BCUT2D eigenvalue weighted by molar-refractivity contribution is 0.283. The number of methoxy groups -OCH3 is 1. The van der Waals surface area contributed by atoms with Crippen molar-refractivity contribution in [1.29, 1.82) is 0 Å². The van der Waals surface area contributed by atoms with Crippen molar-refractivity contribution in [3.63, 3.8) is 0 Å². The van der Waals surface area contributed by atoms with E-state index >= 15 is 0 Å². The van der Waals surface area contributed by atoms with Gasteiger partial charge in [0.1, 0.15) is 29.7 Å². The van der Waals surface area contributed by atoms with Gasteiger partial charge in [0.05, 0.1) is 24.8 Å². The normalized spacial score (nSPS) is 10.9. The van der Waals surface area contributed by atoms with Crippen molar-refractivity contribution < 1.29 is 14.2 Å². The Labute approximate surface area is 183 Å². The van der Waals surface area contributed by atoms with Gasteiger partial charge < -0.3 is 18.8 Å². The van der Waals surface area contributed by atoms with Crippen LogP contribution in [0.4, 0.5) is 0 Å². The van der Waals surface area contributed by atoms with Crippen LogP contribution in [-0.2, 0) is 13.2 Å². The van der Waals surface area contributed by atoms with Gasteiger partial charge in [0.25, 0.3) is 0 Å². The van der Waals surface area contributed by atoms with E-state index < -0.39 is 0 Å². The summed E-state index contributed by atoms with van der Waals surface area (Å²) >= 11 is 0. The summed E-state index contributed by atoms with van der Waals surface area (Å²) in [7, 11) is 1.65. The van der Waals surface area contributed by atoms with Crippen LogP contribution in [0.1, 0.15) is 24.2 Å². The average molecular weight is 417 g/mol. The van der Waals surface area contributed by atoms with Crippen LogP contribution in [0.2, 0.25) is 0 Å². The molecule has 0 bridgehead atoms. The van der Waals surface area contributed by atoms with Gasteiger partial charge >= 0.3 is 0 Å². The number of aromatic nitrogens is 2. The smallest absolute Gasteiger partial charge is 0.147 e. The lowest BCUT2D eigenvalue weighted by Gasteiger charge is -2.12. The molecule has 160 valence electrons. The summed E-state index contributed by atoms with van der Waals surface area (Å²) in [6.45, 7) is 4.05. The molecule has 3 aromatic carbocycles. The number of para-hydroxylation sites is 2. The summed E-state index contributed by atoms with van der Waals surface area (Å²) in [5.74, 6) is 3.39. The van der Waals surface area contributed by atoms with E-state index in [0.717, 1.165) is 53.5 Å². The second-order valence-corrected chi connectivity index (χ2v) is 7.50. The minimum atomic E-state index is 0.404. The molecule has 4 aromatic rings. The van der Waals surface area contributed by atoms with Gasteiger partial charge in [-0.2, -0.15) is 0 Å². The number of ether oxygens (including phenoxy) is 3. The highest BCUT2D eigenvalue weighted by Crippen LogP contribution is 2.22. The summed E-state index contributed by atoms with van der Waals surface area (Å²) in [6.07, 6.45) is 1.97. The molecule has 0 atom stereocenters. The van der Waals surface area contributed by atoms with E-state index in [2.05, 4.69) is 29.7 Å². The average Bonchev–Trinajstić information content (AvgIpc) is 3.16. The van der Waals surface area contributed by atoms with Gasteiger partial charge in [-0.25, -0.2) is 4.98 Å². The van der Waals surface area contributed by atoms with Gasteiger partial charge in [0, 0.05) is 12.6 Å². The fourth-order valence-electron chi connectivity index (χ4n) is 3.52. The first-order chi connectivity index (χ1) is 15.2. The number of unbranched alkanes of at least 4 members (excludes halogenated alkanes) is 1. The quantitative estimate of drug-likeness (QED) is 0.307. The monoisotopic (exact) mass is 416 g/mol. The summed E-state index contributed by atoms with van der Waals surface area (Å²) in [5, 5.41) is 0. The van der Waals surface area contributed by atoms with Crippen LogP contribution in [0.15, 0.2) is 72.8 Å². The first-order valence-corrected chi connectivity index (χ1v) is 10.6. The third kappa shape index (κ3) is 5.37. The second kappa shape index (κ2) is 10.0. The zero-order valence-corrected chi connectivity index (χ0v) is 18.1. The van der Waals surface area contributed by atoms with Crippen LogP contribution in [0.5, 0.6) is 17.2 Å². The highest BCUT2D eigenvalue weighted by Gasteiger charge is 2.11. The van der Waals surface area contributed by atoms with Crippen LogP contribution in [-0.4, -0.2) is 23.3 Å². The van der Waals surface area contributed by atoms with E-state index in [0.29, 0.717) is 13.2 Å². The standard InChI is InChI=1S/C26H28N2O3/c1-20-12-14-21(15-13-20)30-17-6-5-16-28-25-11-4-3-10-24(25)27-26(28)19-31-23-9-7-8-22(18-23)29-2/h3-4,7-15,18H,5-6,16-17,19H2,1-2H3. The number of hydrogen-bond donors (Lipinski definition) is 0. The van der Waals surface area contributed by atoms with Gasteiger partial charge in [0.2, 0.25) is 0 Å². The van der Waals surface area contributed by atoms with Crippen LogP contribution in [0.25, 0.3) is 11.0 Å². The first kappa shape index (κ1) is 20.8. The molecule has 0 spiro atoms. The molecule has 0 aliphatic carbocycles. The minimum absolute atomic E-state index is 0.404. The molecule has 0 saturated carbocycles. The van der Waals surface area contributed by atoms with E-state index in [-0.39, 0.29) is 0 Å². The number of fused-ring (bicyclic) bond motifs is 1. The maximum absolute atomic E-state index is 6.01. The highest BCUT2D eigenvalue weighted by atomic mass is 16.5. The summed E-state index contributed by atoms with van der Waals surface area (Å²) < 4.78 is 19.4. The zero-order chi connectivity index (χ0) is 21.5. The lowest BCUT2D eigenvalue weighted by atomic mass is 10.2. The molecule has 4 rings (SSSR count). The first-order valence-electron chi connectivity index (χ1n) is 10.6. The Morgan fingerprint density at radius 1 is 0.806 bits per heavy atom. The van der Waals surface area contributed by atoms with Crippen molar-refractivity contribution in [3.05, 3.63) is 84.2 Å². The van der Waals surface area contributed by atoms with Crippen LogP contribution < -0.4 is 14.2 Å². The van der Waals surface area contributed by atoms with Gasteiger partial charge in [-0.05, 0) is 56.2 Å². The SMILES string of the molecule is COc1cccc(OCc2nc3ccccc3n2CCCCOc2ccc(C)cc2)c1. The molecular weight excluding hydrogens is 388 g/mol. The molecule has 5 heteroatoms. The number of benzene rings is 3. The molecule has 0 amide bonds. The van der Waals surface area contributed by atoms with Gasteiger partial charge in [-0.15, -0.1) is 0 Å². The molecule has 0 aliphatic rings. The predicted molar refractivity (Wildman–Crippen MR) is 123 cm³/mol. The third-order valence-electron chi connectivity index (χ3n) is 5.21. The molecule has 0 N–H and O–H groups in total. The van der Waals surface area contributed by atoms with E-state index in [9.17, 15) is 0 Å². The van der Waals surface area contributed by atoms with Crippen molar-refractivity contribution in [3.8, 4) is 17.2 Å².